The molecule has 1 rings (SSSR count). The van der Waals surface area contributed by atoms with Crippen molar-refractivity contribution in [1.29, 1.82) is 0 Å². The molecular formula is C55H87N11O15. The third-order valence-electron chi connectivity index (χ3n) is 12.9. The predicted molar refractivity (Wildman–Crippen MR) is 300 cm³/mol. The van der Waals surface area contributed by atoms with Gasteiger partial charge in [-0.25, -0.2) is 96.4 Å². The number of aliphatic imine (C=N–C) groups is 6. The van der Waals surface area contributed by atoms with E-state index in [9.17, 15) is 57.5 Å². The molecule has 0 aromatic carbocycles. The van der Waals surface area contributed by atoms with E-state index in [1.807, 2.05) is 6.92 Å². The molecule has 0 atom stereocenters. The molecule has 0 radical (unpaired) electrons. The molecule has 26 heteroatoms. The lowest BCUT2D eigenvalue weighted by Gasteiger charge is -2.31. The molecule has 81 heavy (non-hydrogen) atoms. The summed E-state index contributed by atoms with van der Waals surface area (Å²) in [5.74, 6) is -0.384. The molecule has 1 aromatic rings. The van der Waals surface area contributed by atoms with E-state index < -0.39 is 34.7 Å². The zero-order chi connectivity index (χ0) is 59.7. The Bertz CT molecular complexity index is 2100. The second-order valence-corrected chi connectivity index (χ2v) is 19.2. The summed E-state index contributed by atoms with van der Waals surface area (Å²) >= 11 is 0. The molecule has 1 aromatic heterocycles. The average Bonchev–Trinajstić information content (AvgIpc) is 3.56. The summed E-state index contributed by atoms with van der Waals surface area (Å²) in [6.45, 7) is 5.55. The van der Waals surface area contributed by atoms with Crippen LogP contribution in [0.5, 0.6) is 0 Å². The van der Waals surface area contributed by atoms with Crippen molar-refractivity contribution in [3.05, 3.63) is 31.5 Å². The normalized spacial score (nSPS) is 11.0. The van der Waals surface area contributed by atoms with Gasteiger partial charge in [0, 0.05) is 39.1 Å². The summed E-state index contributed by atoms with van der Waals surface area (Å²) in [7, 11) is 0. The predicted octanol–water partition coefficient (Wildman–Crippen LogP) is 6.71. The van der Waals surface area contributed by atoms with Crippen molar-refractivity contribution in [3.8, 4) is 0 Å². The fraction of sp³-hybridized carbons (Fsp3) is 0.782. The van der Waals surface area contributed by atoms with Gasteiger partial charge in [-0.2, -0.15) is 0 Å². The zero-order valence-corrected chi connectivity index (χ0v) is 47.6. The molecule has 0 saturated carbocycles. The molecule has 0 aliphatic rings. The van der Waals surface area contributed by atoms with Crippen molar-refractivity contribution in [1.82, 2.24) is 24.3 Å². The van der Waals surface area contributed by atoms with Crippen LogP contribution in [0.15, 0.2) is 44.3 Å². The van der Waals surface area contributed by atoms with Crippen LogP contribution in [0.3, 0.4) is 0 Å². The maximum atomic E-state index is 13.0. The van der Waals surface area contributed by atoms with Gasteiger partial charge in [-0.3, -0.25) is 4.79 Å². The summed E-state index contributed by atoms with van der Waals surface area (Å²) in [4.78, 5) is 158. The van der Waals surface area contributed by atoms with Crippen molar-refractivity contribution < 1.29 is 57.4 Å². The quantitative estimate of drug-likeness (QED) is 0.0225. The third kappa shape index (κ3) is 40.5. The third-order valence-corrected chi connectivity index (χ3v) is 12.9. The number of hydrogen-bond acceptors (Lipinski definition) is 21. The van der Waals surface area contributed by atoms with E-state index in [4.69, 9.17) is 14.2 Å². The average molecular weight is 1140 g/mol. The molecule has 26 nitrogen and oxygen atoms in total. The van der Waals surface area contributed by atoms with Gasteiger partial charge in [-0.1, -0.05) is 90.4 Å². The Balaban J connectivity index is 0.00000162. The summed E-state index contributed by atoms with van der Waals surface area (Å²) in [5.41, 5.74) is -2.71. The van der Waals surface area contributed by atoms with Crippen molar-refractivity contribution in [3.63, 3.8) is 0 Å². The highest BCUT2D eigenvalue weighted by Crippen LogP contribution is 2.25. The fourth-order valence-corrected chi connectivity index (χ4v) is 7.96. The van der Waals surface area contributed by atoms with Gasteiger partial charge in [0.25, 0.3) is 0 Å². The Labute approximate surface area is 473 Å². The van der Waals surface area contributed by atoms with Gasteiger partial charge >= 0.3 is 35.2 Å². The topological polar surface area (TPSA) is 346 Å². The number of unbranched alkanes of at least 4 members (excludes halogenated alkanes) is 19. The van der Waals surface area contributed by atoms with Gasteiger partial charge in [0.05, 0.1) is 44.7 Å². The molecular weight excluding hydrogens is 1050 g/mol. The molecule has 0 fully saturated rings. The Morgan fingerprint density at radius 2 is 0.642 bits per heavy atom. The number of carbonyl (C=O) groups excluding carboxylic acids is 9. The summed E-state index contributed by atoms with van der Waals surface area (Å²) < 4.78 is 19.9. The number of amides is 2. The van der Waals surface area contributed by atoms with Crippen LogP contribution in [0.4, 0.5) is 9.59 Å². The number of ether oxygens (including phenoxy) is 3. The number of esters is 1. The zero-order valence-electron chi connectivity index (χ0n) is 47.6. The number of nitrogens with one attached hydrogen (secondary N) is 2. The monoisotopic (exact) mass is 1140 g/mol. The molecule has 0 aliphatic heterocycles. The molecule has 0 spiro atoms. The number of carbonyl (C=O) groups is 3. The van der Waals surface area contributed by atoms with Crippen molar-refractivity contribution in [2.45, 2.75) is 200 Å². The highest BCUT2D eigenvalue weighted by atomic mass is 16.6. The van der Waals surface area contributed by atoms with Crippen LogP contribution >= 0.6 is 0 Å². The first-order valence-corrected chi connectivity index (χ1v) is 28.6. The highest BCUT2D eigenvalue weighted by Gasteiger charge is 2.34. The molecule has 0 bridgehead atoms. The van der Waals surface area contributed by atoms with Gasteiger partial charge in [-0.15, -0.1) is 0 Å². The lowest BCUT2D eigenvalue weighted by atomic mass is 9.88. The molecule has 452 valence electrons. The first-order valence-electron chi connectivity index (χ1n) is 28.6. The van der Waals surface area contributed by atoms with Crippen molar-refractivity contribution in [2.75, 3.05) is 72.2 Å². The molecule has 0 saturated heterocycles. The first-order chi connectivity index (χ1) is 39.5. The van der Waals surface area contributed by atoms with Crippen LogP contribution in [-0.4, -0.2) is 141 Å². The summed E-state index contributed by atoms with van der Waals surface area (Å²) in [6, 6.07) is 0. The van der Waals surface area contributed by atoms with Gasteiger partial charge in [0.1, 0.15) is 19.8 Å². The Kier molecular flexibility index (Phi) is 48.5. The number of aromatic nitrogens is 3. The van der Waals surface area contributed by atoms with Crippen LogP contribution < -0.4 is 27.7 Å². The Morgan fingerprint density at radius 1 is 0.383 bits per heavy atom. The minimum Gasteiger partial charge on any atom is -0.465 e. The van der Waals surface area contributed by atoms with Crippen LogP contribution in [0.25, 0.3) is 0 Å². The SMILES string of the molecule is CCC(COC(=O)CCCCCCCN=C=O)(COC(=O)NCCCCCCN=C=O)COC(=O)NCCCCCCN=C=O.O=C=NCCCCCCn1c(=O)n(CCCCCCN=C=O)c(=O)n(CCCCCCN=C=O)c1=O. The molecule has 0 aliphatic carbocycles. The van der Waals surface area contributed by atoms with Gasteiger partial charge < -0.3 is 24.8 Å². The van der Waals surface area contributed by atoms with E-state index in [0.29, 0.717) is 84.5 Å². The van der Waals surface area contributed by atoms with E-state index in [1.54, 1.807) is 0 Å². The van der Waals surface area contributed by atoms with Gasteiger partial charge in [0.2, 0.25) is 36.5 Å². The largest absolute Gasteiger partial charge is 0.465 e. The second kappa shape index (κ2) is 53.3. The van der Waals surface area contributed by atoms with E-state index in [-0.39, 0.29) is 51.8 Å². The lowest BCUT2D eigenvalue weighted by molar-refractivity contribution is -0.150. The van der Waals surface area contributed by atoms with Crippen LogP contribution in [0.1, 0.15) is 180 Å². The Hall–Kier alpha value is -7.30. The molecule has 0 unspecified atom stereocenters. The number of nitrogens with zero attached hydrogens (tertiary/aromatic N) is 9. The van der Waals surface area contributed by atoms with Crippen LogP contribution in [0, 0.1) is 5.41 Å². The van der Waals surface area contributed by atoms with Crippen LogP contribution in [-0.2, 0) is 67.4 Å². The highest BCUT2D eigenvalue weighted by molar-refractivity contribution is 5.69. The van der Waals surface area contributed by atoms with Crippen LogP contribution in [0.2, 0.25) is 0 Å². The van der Waals surface area contributed by atoms with Crippen molar-refractivity contribution >= 4 is 54.6 Å². The maximum Gasteiger partial charge on any atom is 0.407 e. The number of rotatable bonds is 50. The smallest absolute Gasteiger partial charge is 0.407 e. The standard InChI is InChI=1S/C31H51N5O9.C24H36N6O6/c1-2-31(22-43-28(40)16-10-4-3-5-11-17-32-25-37,23-44-29(41)35-20-14-8-6-12-18-33-26-38)24-45-30(42)36-21-15-9-7-13-19-34-27-39;31-19-25-13-7-1-4-10-16-28-22(34)29(17-11-5-2-8-14-26-20-32)24(36)30(23(28)35)18-12-6-3-9-15-27-21-33/h2-24H2,1H3,(H,35,41)(H,36,42);1-18H2. The summed E-state index contributed by atoms with van der Waals surface area (Å²) in [5, 5.41) is 5.40. The second-order valence-electron chi connectivity index (χ2n) is 19.2. The Morgan fingerprint density at radius 3 is 0.938 bits per heavy atom. The maximum absolute atomic E-state index is 13.0. The number of hydrogen-bond donors (Lipinski definition) is 2. The fourth-order valence-electron chi connectivity index (χ4n) is 7.96. The minimum atomic E-state index is -0.929. The van der Waals surface area contributed by atoms with E-state index in [2.05, 4.69) is 40.6 Å². The minimum absolute atomic E-state index is 0.0842. The van der Waals surface area contributed by atoms with Gasteiger partial charge in [-0.05, 0) is 83.5 Å². The molecule has 1 heterocycles. The summed E-state index contributed by atoms with van der Waals surface area (Å²) in [6.07, 6.45) is 27.7. The number of isocyanates is 6. The molecule has 2 amide bonds. The van der Waals surface area contributed by atoms with Crippen molar-refractivity contribution in [2.24, 2.45) is 35.4 Å². The number of alkyl carbamates (subject to hydrolysis) is 2. The molecule has 2 N–H and O–H groups in total. The van der Waals surface area contributed by atoms with E-state index >= 15 is 0 Å². The first kappa shape index (κ1) is 73.7. The van der Waals surface area contributed by atoms with Gasteiger partial charge in [0.15, 0.2) is 0 Å². The lowest BCUT2D eigenvalue weighted by Crippen LogP contribution is -2.54. The van der Waals surface area contributed by atoms with E-state index in [0.717, 1.165) is 149 Å². The van der Waals surface area contributed by atoms with E-state index in [1.165, 1.54) is 36.5 Å².